The summed E-state index contributed by atoms with van der Waals surface area (Å²) < 4.78 is 27.0. The summed E-state index contributed by atoms with van der Waals surface area (Å²) in [6, 6.07) is 12.8. The standard InChI is InChI=1S/C29H41N3O4S/c1-6-26(29(34)30-25-13-8-7-9-14-25)31(19-24-17-15-21(2)16-18-24)27(33)20-32(37(5,35)36)28-22(3)11-10-12-23(28)4/h10-12,15-18,25-26H,6-9,13-14,19-20H2,1-5H3,(H,30,34). The van der Waals surface area contributed by atoms with E-state index >= 15 is 0 Å². The van der Waals surface area contributed by atoms with Gasteiger partial charge in [0.05, 0.1) is 11.9 Å². The predicted molar refractivity (Wildman–Crippen MR) is 149 cm³/mol. The Hall–Kier alpha value is -2.87. The Balaban J connectivity index is 1.94. The van der Waals surface area contributed by atoms with E-state index in [2.05, 4.69) is 5.32 Å². The van der Waals surface area contributed by atoms with Crippen molar-refractivity contribution in [3.8, 4) is 0 Å². The third kappa shape index (κ3) is 7.57. The van der Waals surface area contributed by atoms with Crippen LogP contribution in [0.15, 0.2) is 42.5 Å². The molecular formula is C29H41N3O4S. The average Bonchev–Trinajstić information content (AvgIpc) is 2.84. The molecule has 0 radical (unpaired) electrons. The fourth-order valence-corrected chi connectivity index (χ4v) is 6.09. The van der Waals surface area contributed by atoms with Gasteiger partial charge < -0.3 is 10.2 Å². The fraction of sp³-hybridized carbons (Fsp3) is 0.517. The van der Waals surface area contributed by atoms with Crippen LogP contribution < -0.4 is 9.62 Å². The molecule has 1 unspecified atom stereocenters. The van der Waals surface area contributed by atoms with Crippen LogP contribution >= 0.6 is 0 Å². The number of carbonyl (C=O) groups excluding carboxylic acids is 2. The van der Waals surface area contributed by atoms with Gasteiger partial charge in [0.15, 0.2) is 0 Å². The van der Waals surface area contributed by atoms with E-state index in [-0.39, 0.29) is 25.0 Å². The molecule has 7 nitrogen and oxygen atoms in total. The molecule has 0 saturated heterocycles. The number of hydrogen-bond donors (Lipinski definition) is 1. The first-order valence-corrected chi connectivity index (χ1v) is 15.1. The van der Waals surface area contributed by atoms with Crippen LogP contribution in [0.2, 0.25) is 0 Å². The lowest BCUT2D eigenvalue weighted by atomic mass is 9.95. The first-order chi connectivity index (χ1) is 17.5. The Kier molecular flexibility index (Phi) is 9.76. The molecule has 1 saturated carbocycles. The van der Waals surface area contributed by atoms with E-state index in [1.165, 1.54) is 10.7 Å². The summed E-state index contributed by atoms with van der Waals surface area (Å²) in [6.07, 6.45) is 6.80. The Morgan fingerprint density at radius 2 is 1.57 bits per heavy atom. The van der Waals surface area contributed by atoms with Crippen LogP contribution in [-0.2, 0) is 26.2 Å². The number of nitrogens with zero attached hydrogens (tertiary/aromatic N) is 2. The summed E-state index contributed by atoms with van der Waals surface area (Å²) in [4.78, 5) is 28.9. The molecule has 8 heteroatoms. The van der Waals surface area contributed by atoms with Gasteiger partial charge in [-0.25, -0.2) is 8.42 Å². The van der Waals surface area contributed by atoms with Crippen molar-refractivity contribution >= 4 is 27.5 Å². The smallest absolute Gasteiger partial charge is 0.244 e. The van der Waals surface area contributed by atoms with Crippen molar-refractivity contribution in [1.82, 2.24) is 10.2 Å². The van der Waals surface area contributed by atoms with Crippen LogP contribution in [0.3, 0.4) is 0 Å². The molecule has 0 aromatic heterocycles. The Labute approximate surface area is 222 Å². The van der Waals surface area contributed by atoms with Crippen molar-refractivity contribution in [3.05, 3.63) is 64.7 Å². The number of aryl methyl sites for hydroxylation is 3. The highest BCUT2D eigenvalue weighted by Gasteiger charge is 2.33. The maximum Gasteiger partial charge on any atom is 0.244 e. The van der Waals surface area contributed by atoms with Crippen LogP contribution in [-0.4, -0.2) is 50.0 Å². The highest BCUT2D eigenvalue weighted by molar-refractivity contribution is 7.92. The molecule has 1 N–H and O–H groups in total. The number of benzene rings is 2. The number of rotatable bonds is 10. The molecule has 2 aromatic carbocycles. The molecule has 1 aliphatic carbocycles. The molecule has 0 heterocycles. The van der Waals surface area contributed by atoms with Gasteiger partial charge in [-0.05, 0) is 56.7 Å². The van der Waals surface area contributed by atoms with Gasteiger partial charge >= 0.3 is 0 Å². The summed E-state index contributed by atoms with van der Waals surface area (Å²) in [7, 11) is -3.76. The fourth-order valence-electron chi connectivity index (χ4n) is 5.13. The number of carbonyl (C=O) groups is 2. The molecule has 37 heavy (non-hydrogen) atoms. The highest BCUT2D eigenvalue weighted by atomic mass is 32.2. The van der Waals surface area contributed by atoms with Gasteiger partial charge in [-0.1, -0.05) is 74.2 Å². The summed E-state index contributed by atoms with van der Waals surface area (Å²) in [5.41, 5.74) is 4.03. The average molecular weight is 528 g/mol. The quantitative estimate of drug-likeness (QED) is 0.488. The van der Waals surface area contributed by atoms with Crippen LogP contribution in [0.4, 0.5) is 5.69 Å². The zero-order valence-corrected chi connectivity index (χ0v) is 23.6. The van der Waals surface area contributed by atoms with Gasteiger partial charge in [-0.2, -0.15) is 0 Å². The minimum absolute atomic E-state index is 0.119. The van der Waals surface area contributed by atoms with Gasteiger partial charge in [0.2, 0.25) is 21.8 Å². The molecule has 2 amide bonds. The van der Waals surface area contributed by atoms with Crippen molar-refractivity contribution in [2.24, 2.45) is 0 Å². The first-order valence-electron chi connectivity index (χ1n) is 13.2. The molecule has 2 aromatic rings. The molecule has 1 atom stereocenters. The van der Waals surface area contributed by atoms with Crippen molar-refractivity contribution in [1.29, 1.82) is 0 Å². The van der Waals surface area contributed by atoms with Gasteiger partial charge in [0.1, 0.15) is 12.6 Å². The van der Waals surface area contributed by atoms with Crippen molar-refractivity contribution in [2.45, 2.75) is 84.8 Å². The number of para-hydroxylation sites is 1. The van der Waals surface area contributed by atoms with Crippen LogP contribution in [0, 0.1) is 20.8 Å². The maximum atomic E-state index is 13.9. The summed E-state index contributed by atoms with van der Waals surface area (Å²) in [6.45, 7) is 7.40. The number of sulfonamides is 1. The number of amides is 2. The maximum absolute atomic E-state index is 13.9. The third-order valence-electron chi connectivity index (χ3n) is 7.18. The Morgan fingerprint density at radius 3 is 2.11 bits per heavy atom. The largest absolute Gasteiger partial charge is 0.352 e. The van der Waals surface area contributed by atoms with E-state index in [1.807, 2.05) is 70.2 Å². The molecule has 1 fully saturated rings. The number of hydrogen-bond acceptors (Lipinski definition) is 4. The molecule has 0 spiro atoms. The first kappa shape index (κ1) is 28.7. The van der Waals surface area contributed by atoms with E-state index in [9.17, 15) is 18.0 Å². The van der Waals surface area contributed by atoms with Crippen molar-refractivity contribution in [2.75, 3.05) is 17.1 Å². The molecule has 202 valence electrons. The minimum Gasteiger partial charge on any atom is -0.352 e. The van der Waals surface area contributed by atoms with E-state index in [4.69, 9.17) is 0 Å². The van der Waals surface area contributed by atoms with Crippen molar-refractivity contribution in [3.63, 3.8) is 0 Å². The Bertz CT molecular complexity index is 1170. The summed E-state index contributed by atoms with van der Waals surface area (Å²) in [5, 5.41) is 3.17. The monoisotopic (exact) mass is 527 g/mol. The molecule has 0 bridgehead atoms. The highest BCUT2D eigenvalue weighted by Crippen LogP contribution is 2.27. The second kappa shape index (κ2) is 12.6. The third-order valence-corrected chi connectivity index (χ3v) is 8.29. The summed E-state index contributed by atoms with van der Waals surface area (Å²) >= 11 is 0. The SMILES string of the molecule is CCC(C(=O)NC1CCCCC1)N(Cc1ccc(C)cc1)C(=O)CN(c1c(C)cccc1C)S(C)(=O)=O. The van der Waals surface area contributed by atoms with Crippen LogP contribution in [0.25, 0.3) is 0 Å². The predicted octanol–water partition coefficient (Wildman–Crippen LogP) is 4.63. The molecule has 3 rings (SSSR count). The van der Waals surface area contributed by atoms with Gasteiger partial charge in [0.25, 0.3) is 0 Å². The van der Waals surface area contributed by atoms with E-state index in [1.54, 1.807) is 4.90 Å². The topological polar surface area (TPSA) is 86.8 Å². The van der Waals surface area contributed by atoms with Crippen molar-refractivity contribution < 1.29 is 18.0 Å². The second-order valence-electron chi connectivity index (χ2n) is 10.3. The molecular weight excluding hydrogens is 486 g/mol. The lowest BCUT2D eigenvalue weighted by molar-refractivity contribution is -0.140. The molecule has 1 aliphatic rings. The van der Waals surface area contributed by atoms with Gasteiger partial charge in [-0.3, -0.25) is 13.9 Å². The van der Waals surface area contributed by atoms with E-state index in [0.717, 1.165) is 54.2 Å². The van der Waals surface area contributed by atoms with Crippen LogP contribution in [0.5, 0.6) is 0 Å². The minimum atomic E-state index is -3.76. The lowest BCUT2D eigenvalue weighted by Gasteiger charge is -2.34. The second-order valence-corrected chi connectivity index (χ2v) is 12.2. The van der Waals surface area contributed by atoms with Gasteiger partial charge in [0, 0.05) is 12.6 Å². The van der Waals surface area contributed by atoms with E-state index in [0.29, 0.717) is 12.1 Å². The zero-order chi connectivity index (χ0) is 27.2. The number of anilines is 1. The summed E-state index contributed by atoms with van der Waals surface area (Å²) in [5.74, 6) is -0.577. The lowest BCUT2D eigenvalue weighted by Crippen LogP contribution is -2.54. The normalized spacial score (nSPS) is 15.2. The van der Waals surface area contributed by atoms with E-state index < -0.39 is 22.0 Å². The van der Waals surface area contributed by atoms with Gasteiger partial charge in [-0.15, -0.1) is 0 Å². The van der Waals surface area contributed by atoms with Crippen LogP contribution in [0.1, 0.15) is 67.7 Å². The molecule has 0 aliphatic heterocycles. The number of nitrogens with one attached hydrogen (secondary N) is 1. The Morgan fingerprint density at radius 1 is 0.973 bits per heavy atom. The zero-order valence-electron chi connectivity index (χ0n) is 22.8.